The Hall–Kier alpha value is -4.32. The number of benzene rings is 3. The van der Waals surface area contributed by atoms with Gasteiger partial charge in [0.1, 0.15) is 24.2 Å². The predicted octanol–water partition coefficient (Wildman–Crippen LogP) is 2.52. The molecule has 3 N–H and O–H groups in total. The molecule has 0 unspecified atom stereocenters. The Labute approximate surface area is 248 Å². The van der Waals surface area contributed by atoms with Crippen LogP contribution in [0.3, 0.4) is 0 Å². The minimum Gasteiger partial charge on any atom is -0.486 e. The van der Waals surface area contributed by atoms with E-state index in [4.69, 9.17) is 21.3 Å². The summed E-state index contributed by atoms with van der Waals surface area (Å²) in [5, 5.41) is 30.6. The van der Waals surface area contributed by atoms with Crippen LogP contribution in [0.25, 0.3) is 5.69 Å². The number of carbonyl (C=O) groups is 2. The van der Waals surface area contributed by atoms with Crippen molar-refractivity contribution in [3.05, 3.63) is 100 Å². The molecule has 3 aromatic carbocycles. The first-order valence-corrected chi connectivity index (χ1v) is 13.9. The minimum absolute atomic E-state index is 0.0904. The van der Waals surface area contributed by atoms with E-state index in [1.54, 1.807) is 42.5 Å². The molecule has 1 atom stereocenters. The van der Waals surface area contributed by atoms with Crippen LogP contribution in [0.4, 0.5) is 0 Å². The molecule has 1 aromatic heterocycles. The number of hydrogen-bond acceptors (Lipinski definition) is 8. The van der Waals surface area contributed by atoms with Gasteiger partial charge in [-0.05, 0) is 55.2 Å². The smallest absolute Gasteiger partial charge is 0.486 e. The number of Topliss-reactive ketones (excluding diaryl/α,β-unsaturated/α-hetero) is 1. The highest BCUT2D eigenvalue weighted by Gasteiger charge is 2.30. The fourth-order valence-electron chi connectivity index (χ4n) is 4.83. The second kappa shape index (κ2) is 12.7. The molecule has 0 aliphatic carbocycles. The molecule has 0 bridgehead atoms. The Morgan fingerprint density at radius 3 is 2.48 bits per heavy atom. The van der Waals surface area contributed by atoms with Gasteiger partial charge in [0, 0.05) is 29.1 Å². The third-order valence-corrected chi connectivity index (χ3v) is 7.10. The second-order valence-electron chi connectivity index (χ2n) is 9.90. The van der Waals surface area contributed by atoms with Gasteiger partial charge in [0.15, 0.2) is 11.6 Å². The van der Waals surface area contributed by atoms with Gasteiger partial charge < -0.3 is 20.1 Å². The number of halogens is 1. The Morgan fingerprint density at radius 1 is 1.05 bits per heavy atom. The average molecular weight is 586 g/mol. The van der Waals surface area contributed by atoms with E-state index in [1.807, 2.05) is 42.7 Å². The number of amides is 1. The molecule has 1 aliphatic heterocycles. The Kier molecular flexibility index (Phi) is 8.82. The molecule has 0 spiro atoms. The van der Waals surface area contributed by atoms with Gasteiger partial charge in [-0.25, -0.2) is 0 Å². The van der Waals surface area contributed by atoms with Crippen molar-refractivity contribution >= 4 is 41.6 Å². The number of aryl methyl sites for hydroxylation is 1. The van der Waals surface area contributed by atoms with Crippen molar-refractivity contribution in [2.24, 2.45) is 4.99 Å². The van der Waals surface area contributed by atoms with Gasteiger partial charge in [-0.1, -0.05) is 48.0 Å². The van der Waals surface area contributed by atoms with Crippen LogP contribution in [0, 0.1) is 6.92 Å². The van der Waals surface area contributed by atoms with Gasteiger partial charge in [-0.2, -0.15) is 0 Å². The lowest BCUT2D eigenvalue weighted by Crippen LogP contribution is -2.29. The molecule has 1 amide bonds. The highest BCUT2D eigenvalue weighted by molar-refractivity contribution is 6.58. The van der Waals surface area contributed by atoms with Gasteiger partial charge in [0.2, 0.25) is 5.91 Å². The van der Waals surface area contributed by atoms with E-state index in [0.717, 1.165) is 22.4 Å². The molecule has 0 radical (unpaired) electrons. The number of hydrogen-bond donors (Lipinski definition) is 3. The molecule has 12 heteroatoms. The summed E-state index contributed by atoms with van der Waals surface area (Å²) in [6.45, 7) is 4.04. The third kappa shape index (κ3) is 6.43. The number of aliphatic imine (C=N–C) groups is 1. The van der Waals surface area contributed by atoms with Crippen LogP contribution in [0.15, 0.2) is 71.7 Å². The summed E-state index contributed by atoms with van der Waals surface area (Å²) in [5.41, 5.74) is 4.00. The fourth-order valence-corrected chi connectivity index (χ4v) is 4.96. The third-order valence-electron chi connectivity index (χ3n) is 6.85. The normalized spacial score (nSPS) is 13.8. The number of nitrogens with zero attached hydrogens (tertiary/aromatic N) is 4. The Bertz CT molecular complexity index is 1640. The van der Waals surface area contributed by atoms with Gasteiger partial charge in [-0.3, -0.25) is 19.1 Å². The maximum absolute atomic E-state index is 12.7. The molecule has 10 nitrogen and oxygen atoms in total. The second-order valence-corrected chi connectivity index (χ2v) is 10.3. The van der Waals surface area contributed by atoms with E-state index < -0.39 is 13.2 Å². The molecule has 0 fully saturated rings. The molecular formula is C30H29BClN5O5. The van der Waals surface area contributed by atoms with Crippen molar-refractivity contribution in [1.82, 2.24) is 20.1 Å². The lowest BCUT2D eigenvalue weighted by molar-refractivity contribution is -0.121. The Balaban J connectivity index is 1.47. The fraction of sp³-hybridized carbons (Fsp3) is 0.233. The van der Waals surface area contributed by atoms with Crippen molar-refractivity contribution in [3.8, 4) is 11.4 Å². The number of ether oxygens (including phenoxy) is 1. The standard InChI is InChI=1S/C30H29BClN5O5/c1-3-33-28(39)16-26-30-36-35-18(2)37(30)27-13-12-24(15-25(27)29(34-26)20-6-10-22(32)11-7-20)42-17-23(38)14-19-4-8-21(9-5-19)31(40)41/h4-13,15,26,40-41H,3,14,16-17H2,1-2H3,(H,33,39)/t26-/m0/s1. The van der Waals surface area contributed by atoms with Crippen LogP contribution >= 0.6 is 11.6 Å². The molecule has 42 heavy (non-hydrogen) atoms. The first-order chi connectivity index (χ1) is 20.2. The summed E-state index contributed by atoms with van der Waals surface area (Å²) in [7, 11) is -1.56. The van der Waals surface area contributed by atoms with Gasteiger partial charge in [0.25, 0.3) is 0 Å². The number of ketones is 1. The van der Waals surface area contributed by atoms with Crippen molar-refractivity contribution in [2.75, 3.05) is 13.2 Å². The summed E-state index contributed by atoms with van der Waals surface area (Å²) in [5.74, 6) is 1.37. The summed E-state index contributed by atoms with van der Waals surface area (Å²) in [4.78, 5) is 30.4. The highest BCUT2D eigenvalue weighted by Crippen LogP contribution is 2.34. The lowest BCUT2D eigenvalue weighted by atomic mass is 9.80. The number of carbonyl (C=O) groups excluding carboxylic acids is 2. The van der Waals surface area contributed by atoms with E-state index in [0.29, 0.717) is 40.1 Å². The lowest BCUT2D eigenvalue weighted by Gasteiger charge is -2.15. The van der Waals surface area contributed by atoms with Crippen LogP contribution in [0.2, 0.25) is 5.02 Å². The molecule has 214 valence electrons. The quantitative estimate of drug-likeness (QED) is 0.243. The minimum atomic E-state index is -1.56. The number of fused-ring (bicyclic) bond motifs is 3. The molecule has 0 saturated heterocycles. The van der Waals surface area contributed by atoms with Crippen molar-refractivity contribution in [3.63, 3.8) is 0 Å². The maximum Gasteiger partial charge on any atom is 0.488 e. The number of rotatable bonds is 10. The van der Waals surface area contributed by atoms with E-state index in [2.05, 4.69) is 15.5 Å². The zero-order valence-corrected chi connectivity index (χ0v) is 23.9. The van der Waals surface area contributed by atoms with E-state index >= 15 is 0 Å². The maximum atomic E-state index is 12.7. The highest BCUT2D eigenvalue weighted by atomic mass is 35.5. The zero-order chi connectivity index (χ0) is 29.8. The molecular weight excluding hydrogens is 557 g/mol. The van der Waals surface area contributed by atoms with E-state index in [-0.39, 0.29) is 31.1 Å². The van der Waals surface area contributed by atoms with Crippen LogP contribution in [0.5, 0.6) is 5.75 Å². The molecule has 2 heterocycles. The molecule has 0 saturated carbocycles. The number of nitrogens with one attached hydrogen (secondary N) is 1. The van der Waals surface area contributed by atoms with Crippen LogP contribution < -0.4 is 15.5 Å². The van der Waals surface area contributed by atoms with Gasteiger partial charge in [-0.15, -0.1) is 10.2 Å². The topological polar surface area (TPSA) is 139 Å². The first kappa shape index (κ1) is 29.2. The largest absolute Gasteiger partial charge is 0.488 e. The average Bonchev–Trinajstić information content (AvgIpc) is 3.29. The molecule has 4 aromatic rings. The molecule has 1 aliphatic rings. The van der Waals surface area contributed by atoms with E-state index in [1.165, 1.54) is 0 Å². The molecule has 5 rings (SSSR count). The first-order valence-electron chi connectivity index (χ1n) is 13.5. The summed E-state index contributed by atoms with van der Waals surface area (Å²) in [6.07, 6.45) is 0.224. The monoisotopic (exact) mass is 585 g/mol. The number of aromatic nitrogens is 3. The van der Waals surface area contributed by atoms with E-state index in [9.17, 15) is 19.6 Å². The summed E-state index contributed by atoms with van der Waals surface area (Å²) < 4.78 is 7.82. The predicted molar refractivity (Wildman–Crippen MR) is 160 cm³/mol. The van der Waals surface area contributed by atoms with Crippen LogP contribution in [0.1, 0.15) is 47.7 Å². The van der Waals surface area contributed by atoms with Crippen LogP contribution in [-0.4, -0.2) is 62.5 Å². The van der Waals surface area contributed by atoms with Crippen LogP contribution in [-0.2, 0) is 16.0 Å². The summed E-state index contributed by atoms with van der Waals surface area (Å²) >= 11 is 6.18. The van der Waals surface area contributed by atoms with Crippen molar-refractivity contribution in [2.45, 2.75) is 32.7 Å². The SMILES string of the molecule is CCNC(=O)C[C@@H]1N=C(c2ccc(Cl)cc2)c2cc(OCC(=O)Cc3ccc(B(O)O)cc3)ccc2-n2c(C)nnc21. The summed E-state index contributed by atoms with van der Waals surface area (Å²) in [6, 6.07) is 18.7. The van der Waals surface area contributed by atoms with Crippen molar-refractivity contribution in [1.29, 1.82) is 0 Å². The Morgan fingerprint density at radius 2 is 1.79 bits per heavy atom. The van der Waals surface area contributed by atoms with Gasteiger partial charge >= 0.3 is 7.12 Å². The zero-order valence-electron chi connectivity index (χ0n) is 23.1. The van der Waals surface area contributed by atoms with Crippen molar-refractivity contribution < 1.29 is 24.4 Å². The van der Waals surface area contributed by atoms with Gasteiger partial charge in [0.05, 0.1) is 17.8 Å².